The zero-order valence-electron chi connectivity index (χ0n) is 12.7. The van der Waals surface area contributed by atoms with E-state index in [1.54, 1.807) is 7.11 Å². The summed E-state index contributed by atoms with van der Waals surface area (Å²) in [6.07, 6.45) is 3.70. The first-order valence-corrected chi connectivity index (χ1v) is 7.56. The van der Waals surface area contributed by atoms with E-state index in [2.05, 4.69) is 28.3 Å². The molecule has 0 aliphatic carbocycles. The highest BCUT2D eigenvalue weighted by molar-refractivity contribution is 5.30. The van der Waals surface area contributed by atoms with E-state index in [0.29, 0.717) is 6.04 Å². The van der Waals surface area contributed by atoms with Crippen LogP contribution < -0.4 is 4.74 Å². The minimum Gasteiger partial charge on any atom is -0.497 e. The van der Waals surface area contributed by atoms with Gasteiger partial charge in [-0.25, -0.2) is 0 Å². The van der Waals surface area contributed by atoms with Crippen LogP contribution in [0.25, 0.3) is 0 Å². The highest BCUT2D eigenvalue weighted by Gasteiger charge is 2.25. The van der Waals surface area contributed by atoms with Crippen LogP contribution in [0.2, 0.25) is 0 Å². The Hall–Kier alpha value is -1.81. The summed E-state index contributed by atoms with van der Waals surface area (Å²) in [5.41, 5.74) is 2.27. The molecule has 1 aliphatic heterocycles. The van der Waals surface area contributed by atoms with Gasteiger partial charge < -0.3 is 9.26 Å². The number of aromatic nitrogens is 1. The minimum absolute atomic E-state index is 0.430. The van der Waals surface area contributed by atoms with E-state index >= 15 is 0 Å². The van der Waals surface area contributed by atoms with Gasteiger partial charge >= 0.3 is 0 Å². The first kappa shape index (κ1) is 14.1. The molecule has 1 saturated heterocycles. The molecule has 4 heteroatoms. The Morgan fingerprint density at radius 2 is 2.24 bits per heavy atom. The van der Waals surface area contributed by atoms with Gasteiger partial charge in [-0.2, -0.15) is 0 Å². The summed E-state index contributed by atoms with van der Waals surface area (Å²) in [5, 5.41) is 3.99. The summed E-state index contributed by atoms with van der Waals surface area (Å²) in [6, 6.07) is 10.9. The average Bonchev–Trinajstić information content (AvgIpc) is 2.93. The number of benzene rings is 1. The molecule has 0 N–H and O–H groups in total. The molecule has 21 heavy (non-hydrogen) atoms. The molecule has 112 valence electrons. The van der Waals surface area contributed by atoms with Gasteiger partial charge in [0.2, 0.25) is 0 Å². The fourth-order valence-corrected chi connectivity index (χ4v) is 3.10. The third kappa shape index (κ3) is 3.27. The number of methoxy groups -OCH3 is 1. The molecule has 1 fully saturated rings. The van der Waals surface area contributed by atoms with Gasteiger partial charge in [0, 0.05) is 12.1 Å². The highest BCUT2D eigenvalue weighted by atomic mass is 16.5. The Labute approximate surface area is 125 Å². The van der Waals surface area contributed by atoms with E-state index in [4.69, 9.17) is 9.26 Å². The normalized spacial score (nSPS) is 19.6. The van der Waals surface area contributed by atoms with Gasteiger partial charge in [-0.3, -0.25) is 4.90 Å². The quantitative estimate of drug-likeness (QED) is 0.858. The second kappa shape index (κ2) is 6.31. The van der Waals surface area contributed by atoms with Crippen LogP contribution in [0.5, 0.6) is 5.75 Å². The molecule has 1 unspecified atom stereocenters. The van der Waals surface area contributed by atoms with Gasteiger partial charge in [0.15, 0.2) is 5.76 Å². The maximum absolute atomic E-state index is 5.38. The van der Waals surface area contributed by atoms with Crippen LogP contribution in [0.15, 0.2) is 34.9 Å². The Balaban J connectivity index is 1.80. The maximum atomic E-state index is 5.38. The van der Waals surface area contributed by atoms with Crippen LogP contribution >= 0.6 is 0 Å². The summed E-state index contributed by atoms with van der Waals surface area (Å²) >= 11 is 0. The van der Waals surface area contributed by atoms with E-state index in [1.807, 2.05) is 19.1 Å². The molecule has 0 bridgehead atoms. The number of hydrogen-bond acceptors (Lipinski definition) is 4. The molecule has 0 radical (unpaired) electrons. The van der Waals surface area contributed by atoms with Gasteiger partial charge in [-0.1, -0.05) is 23.7 Å². The molecule has 3 rings (SSSR count). The molecule has 2 aromatic rings. The molecule has 1 atom stereocenters. The summed E-state index contributed by atoms with van der Waals surface area (Å²) in [5.74, 6) is 1.87. The van der Waals surface area contributed by atoms with Crippen molar-refractivity contribution >= 4 is 0 Å². The van der Waals surface area contributed by atoms with Crippen molar-refractivity contribution in [3.05, 3.63) is 47.3 Å². The second-order valence-electron chi connectivity index (χ2n) is 5.69. The largest absolute Gasteiger partial charge is 0.497 e. The molecule has 1 aromatic heterocycles. The standard InChI is InChI=1S/C17H22N2O2/c1-13-10-16(21-18-13)12-19-9-4-3-8-17(19)14-6-5-7-15(11-14)20-2/h5-7,10-11,17H,3-4,8-9,12H2,1-2H3. The zero-order valence-corrected chi connectivity index (χ0v) is 12.7. The highest BCUT2D eigenvalue weighted by Crippen LogP contribution is 2.33. The topological polar surface area (TPSA) is 38.5 Å². The molecular formula is C17H22N2O2. The zero-order chi connectivity index (χ0) is 14.7. The van der Waals surface area contributed by atoms with Crippen LogP contribution in [0.3, 0.4) is 0 Å². The van der Waals surface area contributed by atoms with Crippen molar-refractivity contribution < 1.29 is 9.26 Å². The Kier molecular flexibility index (Phi) is 4.25. The third-order valence-corrected chi connectivity index (χ3v) is 4.13. The van der Waals surface area contributed by atoms with Gasteiger partial charge in [-0.05, 0) is 44.0 Å². The number of ether oxygens (including phenoxy) is 1. The molecule has 0 amide bonds. The molecule has 0 saturated carbocycles. The molecule has 4 nitrogen and oxygen atoms in total. The fourth-order valence-electron chi connectivity index (χ4n) is 3.10. The van der Waals surface area contributed by atoms with Crippen LogP contribution in [-0.2, 0) is 6.54 Å². The Morgan fingerprint density at radius 1 is 1.33 bits per heavy atom. The number of aryl methyl sites for hydroxylation is 1. The monoisotopic (exact) mass is 286 g/mol. The summed E-state index contributed by atoms with van der Waals surface area (Å²) < 4.78 is 10.7. The number of hydrogen-bond donors (Lipinski definition) is 0. The molecular weight excluding hydrogens is 264 g/mol. The lowest BCUT2D eigenvalue weighted by Crippen LogP contribution is -2.32. The minimum atomic E-state index is 0.430. The number of rotatable bonds is 4. The van der Waals surface area contributed by atoms with Crippen LogP contribution in [-0.4, -0.2) is 23.7 Å². The van der Waals surface area contributed by atoms with Gasteiger partial charge in [0.05, 0.1) is 19.3 Å². The fraction of sp³-hybridized carbons (Fsp3) is 0.471. The first-order valence-electron chi connectivity index (χ1n) is 7.56. The molecule has 1 aromatic carbocycles. The summed E-state index contributed by atoms with van der Waals surface area (Å²) in [7, 11) is 1.72. The van der Waals surface area contributed by atoms with E-state index in [1.165, 1.54) is 24.8 Å². The SMILES string of the molecule is COc1cccc(C2CCCCN2Cc2cc(C)no2)c1. The van der Waals surface area contributed by atoms with E-state index < -0.39 is 0 Å². The maximum Gasteiger partial charge on any atom is 0.150 e. The number of nitrogens with zero attached hydrogens (tertiary/aromatic N) is 2. The number of piperidine rings is 1. The van der Waals surface area contributed by atoms with Crippen molar-refractivity contribution in [1.82, 2.24) is 10.1 Å². The summed E-state index contributed by atoms with van der Waals surface area (Å²) in [6.45, 7) is 3.88. The molecule has 1 aliphatic rings. The molecule has 0 spiro atoms. The van der Waals surface area contributed by atoms with Crippen molar-refractivity contribution in [3.63, 3.8) is 0 Å². The number of likely N-dealkylation sites (tertiary alicyclic amines) is 1. The van der Waals surface area contributed by atoms with Crippen LogP contribution in [0, 0.1) is 6.92 Å². The van der Waals surface area contributed by atoms with Gasteiger partial charge in [0.1, 0.15) is 5.75 Å². The van der Waals surface area contributed by atoms with Gasteiger partial charge in [0.25, 0.3) is 0 Å². The van der Waals surface area contributed by atoms with Crippen molar-refractivity contribution in [2.24, 2.45) is 0 Å². The lowest BCUT2D eigenvalue weighted by molar-refractivity contribution is 0.126. The molecule has 2 heterocycles. The van der Waals surface area contributed by atoms with Crippen molar-refractivity contribution in [3.8, 4) is 5.75 Å². The summed E-state index contributed by atoms with van der Waals surface area (Å²) in [4.78, 5) is 2.48. The lowest BCUT2D eigenvalue weighted by Gasteiger charge is -2.35. The van der Waals surface area contributed by atoms with E-state index in [9.17, 15) is 0 Å². The third-order valence-electron chi connectivity index (χ3n) is 4.13. The first-order chi connectivity index (χ1) is 10.3. The van der Waals surface area contributed by atoms with Crippen LogP contribution in [0.1, 0.15) is 42.3 Å². The predicted octanol–water partition coefficient (Wildman–Crippen LogP) is 3.72. The van der Waals surface area contributed by atoms with Crippen molar-refractivity contribution in [2.75, 3.05) is 13.7 Å². The Morgan fingerprint density at radius 3 is 3.00 bits per heavy atom. The smallest absolute Gasteiger partial charge is 0.150 e. The van der Waals surface area contributed by atoms with E-state index in [0.717, 1.165) is 30.3 Å². The van der Waals surface area contributed by atoms with Gasteiger partial charge in [-0.15, -0.1) is 0 Å². The average molecular weight is 286 g/mol. The Bertz CT molecular complexity index is 594. The van der Waals surface area contributed by atoms with Crippen molar-refractivity contribution in [2.45, 2.75) is 38.8 Å². The second-order valence-corrected chi connectivity index (χ2v) is 5.69. The van der Waals surface area contributed by atoms with Crippen molar-refractivity contribution in [1.29, 1.82) is 0 Å². The van der Waals surface area contributed by atoms with Crippen LogP contribution in [0.4, 0.5) is 0 Å². The predicted molar refractivity (Wildman–Crippen MR) is 81.2 cm³/mol. The van der Waals surface area contributed by atoms with E-state index in [-0.39, 0.29) is 0 Å². The lowest BCUT2D eigenvalue weighted by atomic mass is 9.95.